The van der Waals surface area contributed by atoms with Crippen LogP contribution in [0.15, 0.2) is 36.4 Å². The molecule has 1 aromatic rings. The van der Waals surface area contributed by atoms with Gasteiger partial charge >= 0.3 is 0 Å². The minimum atomic E-state index is -0.671. The number of carbonyl (C=O) groups is 2. The maximum Gasteiger partial charge on any atom is 0.230 e. The molecule has 2 amide bonds. The number of carbonyl (C=O) groups excluding carboxylic acids is 2. The fourth-order valence-corrected chi connectivity index (χ4v) is 4.55. The van der Waals surface area contributed by atoms with Crippen LogP contribution in [0.4, 0.5) is 0 Å². The van der Waals surface area contributed by atoms with Crippen molar-refractivity contribution in [1.29, 1.82) is 0 Å². The number of nitrogens with zero attached hydrogens (tertiary/aromatic N) is 1. The summed E-state index contributed by atoms with van der Waals surface area (Å²) in [5.41, 5.74) is 0.233. The Bertz CT molecular complexity index is 765. The summed E-state index contributed by atoms with van der Waals surface area (Å²) in [6.45, 7) is 3.62. The Morgan fingerprint density at radius 1 is 1.42 bits per heavy atom. The molecule has 3 heterocycles. The fraction of sp³-hybridized carbons (Fsp3) is 0.500. The lowest BCUT2D eigenvalue weighted by atomic mass is 9.77. The van der Waals surface area contributed by atoms with Crippen LogP contribution in [0, 0.1) is 11.8 Å². The van der Waals surface area contributed by atoms with Gasteiger partial charge in [-0.1, -0.05) is 55.3 Å². The first kappa shape index (κ1) is 17.6. The zero-order valence-corrected chi connectivity index (χ0v) is 15.5. The molecule has 0 aromatic heterocycles. The maximum atomic E-state index is 13.1. The van der Waals surface area contributed by atoms with Crippen LogP contribution in [0.25, 0.3) is 0 Å². The van der Waals surface area contributed by atoms with E-state index in [1.54, 1.807) is 4.90 Å². The number of nitrogens with one attached hydrogen (secondary N) is 1. The standard InChI is InChI=1S/C20H23ClN2O3/c1-2-3-10-22-18(24)16-15-8-9-20(26-15)12-23(19(25)17(16)20)11-13-6-4-5-7-14(13)21/h4-9,15-17H,2-3,10-12H2,1H3,(H,22,24)/t15-,16+,17-,20?/m1/s1. The molecule has 1 aromatic carbocycles. The molecule has 138 valence electrons. The Balaban J connectivity index is 1.53. The summed E-state index contributed by atoms with van der Waals surface area (Å²) in [6.07, 6.45) is 5.56. The van der Waals surface area contributed by atoms with Crippen LogP contribution >= 0.6 is 11.6 Å². The lowest BCUT2D eigenvalue weighted by Crippen LogP contribution is -2.44. The Kier molecular flexibility index (Phi) is 4.53. The van der Waals surface area contributed by atoms with Crippen LogP contribution in [0.1, 0.15) is 25.3 Å². The van der Waals surface area contributed by atoms with E-state index < -0.39 is 17.4 Å². The summed E-state index contributed by atoms with van der Waals surface area (Å²) in [5.74, 6) is -0.984. The summed E-state index contributed by atoms with van der Waals surface area (Å²) in [5, 5.41) is 3.61. The molecule has 0 radical (unpaired) electrons. The number of rotatable bonds is 6. The molecule has 0 saturated carbocycles. The number of hydrogen-bond donors (Lipinski definition) is 1. The van der Waals surface area contributed by atoms with Gasteiger partial charge in [-0.3, -0.25) is 9.59 Å². The Labute approximate surface area is 158 Å². The van der Waals surface area contributed by atoms with Crippen LogP contribution < -0.4 is 5.32 Å². The lowest BCUT2D eigenvalue weighted by molar-refractivity contribution is -0.137. The van der Waals surface area contributed by atoms with Crippen molar-refractivity contribution in [3.63, 3.8) is 0 Å². The van der Waals surface area contributed by atoms with Crippen molar-refractivity contribution in [2.75, 3.05) is 13.1 Å². The molecular weight excluding hydrogens is 352 g/mol. The van der Waals surface area contributed by atoms with E-state index in [9.17, 15) is 9.59 Å². The van der Waals surface area contributed by atoms with Crippen LogP contribution in [0.2, 0.25) is 5.02 Å². The molecule has 0 aliphatic carbocycles. The van der Waals surface area contributed by atoms with Crippen LogP contribution in [0.5, 0.6) is 0 Å². The number of likely N-dealkylation sites (tertiary alicyclic amines) is 1. The number of fused-ring (bicyclic) bond motifs is 1. The molecule has 1 unspecified atom stereocenters. The number of halogens is 1. The molecular formula is C20H23ClN2O3. The van der Waals surface area contributed by atoms with Crippen molar-refractivity contribution in [3.8, 4) is 0 Å². The third-order valence-electron chi connectivity index (χ3n) is 5.63. The highest BCUT2D eigenvalue weighted by Gasteiger charge is 2.66. The first-order chi connectivity index (χ1) is 12.6. The van der Waals surface area contributed by atoms with Crippen LogP contribution in [-0.4, -0.2) is 41.5 Å². The number of benzene rings is 1. The van der Waals surface area contributed by atoms with Gasteiger partial charge in [0.2, 0.25) is 11.8 Å². The van der Waals surface area contributed by atoms with Gasteiger partial charge in [0.15, 0.2) is 0 Å². The minimum Gasteiger partial charge on any atom is -0.360 e. The van der Waals surface area contributed by atoms with Crippen molar-refractivity contribution in [3.05, 3.63) is 47.0 Å². The normalized spacial score (nSPS) is 31.5. The van der Waals surface area contributed by atoms with Crippen molar-refractivity contribution in [2.24, 2.45) is 11.8 Å². The van der Waals surface area contributed by atoms with Gasteiger partial charge in [-0.2, -0.15) is 0 Å². The smallest absolute Gasteiger partial charge is 0.230 e. The SMILES string of the molecule is CCCCNC(=O)[C@H]1[C@H]2C=CC3(CN(Cc4ccccc4Cl)C(=O)[C@@H]13)O2. The molecule has 2 fully saturated rings. The second-order valence-electron chi connectivity index (χ2n) is 7.33. The summed E-state index contributed by atoms with van der Waals surface area (Å²) in [6, 6.07) is 7.52. The van der Waals surface area contributed by atoms with E-state index in [0.29, 0.717) is 24.7 Å². The molecule has 6 heteroatoms. The van der Waals surface area contributed by atoms with Crippen LogP contribution in [0.3, 0.4) is 0 Å². The topological polar surface area (TPSA) is 58.6 Å². The molecule has 5 nitrogen and oxygen atoms in total. The van der Waals surface area contributed by atoms with E-state index >= 15 is 0 Å². The highest BCUT2D eigenvalue weighted by molar-refractivity contribution is 6.31. The van der Waals surface area contributed by atoms with E-state index in [1.165, 1.54) is 0 Å². The van der Waals surface area contributed by atoms with Crippen molar-refractivity contribution < 1.29 is 14.3 Å². The summed E-state index contributed by atoms with van der Waals surface area (Å²) >= 11 is 6.25. The van der Waals surface area contributed by atoms with Gasteiger partial charge in [0.25, 0.3) is 0 Å². The van der Waals surface area contributed by atoms with E-state index in [-0.39, 0.29) is 17.9 Å². The predicted molar refractivity (Wildman–Crippen MR) is 98.5 cm³/mol. The van der Waals surface area contributed by atoms with Crippen LogP contribution in [-0.2, 0) is 20.9 Å². The highest BCUT2D eigenvalue weighted by atomic mass is 35.5. The molecule has 26 heavy (non-hydrogen) atoms. The van der Waals surface area contributed by atoms with E-state index in [2.05, 4.69) is 12.2 Å². The van der Waals surface area contributed by atoms with Gasteiger partial charge in [0, 0.05) is 18.1 Å². The van der Waals surface area contributed by atoms with Gasteiger partial charge in [-0.25, -0.2) is 0 Å². The monoisotopic (exact) mass is 374 g/mol. The first-order valence-electron chi connectivity index (χ1n) is 9.23. The zero-order chi connectivity index (χ0) is 18.3. The minimum absolute atomic E-state index is 0.0209. The molecule has 1 spiro atoms. The van der Waals surface area contributed by atoms with Gasteiger partial charge < -0.3 is 15.0 Å². The van der Waals surface area contributed by atoms with E-state index in [4.69, 9.17) is 16.3 Å². The van der Waals surface area contributed by atoms with Gasteiger partial charge in [-0.15, -0.1) is 0 Å². The second kappa shape index (κ2) is 6.71. The van der Waals surface area contributed by atoms with Gasteiger partial charge in [-0.05, 0) is 18.1 Å². The molecule has 3 aliphatic rings. The molecule has 1 N–H and O–H groups in total. The molecule has 2 saturated heterocycles. The molecule has 2 bridgehead atoms. The van der Waals surface area contributed by atoms with Crippen molar-refractivity contribution in [1.82, 2.24) is 10.2 Å². The van der Waals surface area contributed by atoms with E-state index in [0.717, 1.165) is 18.4 Å². The Morgan fingerprint density at radius 2 is 2.23 bits per heavy atom. The Hall–Kier alpha value is -1.85. The zero-order valence-electron chi connectivity index (χ0n) is 14.8. The summed E-state index contributed by atoms with van der Waals surface area (Å²) in [7, 11) is 0. The molecule has 4 atom stereocenters. The third kappa shape index (κ3) is 2.74. The predicted octanol–water partition coefficient (Wildman–Crippen LogP) is 2.54. The quantitative estimate of drug-likeness (QED) is 0.615. The van der Waals surface area contributed by atoms with Crippen molar-refractivity contribution in [2.45, 2.75) is 38.0 Å². The molecule has 4 rings (SSSR count). The molecule has 3 aliphatic heterocycles. The largest absolute Gasteiger partial charge is 0.360 e. The number of amides is 2. The lowest BCUT2D eigenvalue weighted by Gasteiger charge is -2.23. The third-order valence-corrected chi connectivity index (χ3v) is 6.00. The van der Waals surface area contributed by atoms with E-state index in [1.807, 2.05) is 36.4 Å². The Morgan fingerprint density at radius 3 is 3.00 bits per heavy atom. The van der Waals surface area contributed by atoms with Gasteiger partial charge in [0.05, 0.1) is 24.5 Å². The average molecular weight is 375 g/mol. The highest BCUT2D eigenvalue weighted by Crippen LogP contribution is 2.52. The summed E-state index contributed by atoms with van der Waals surface area (Å²) < 4.78 is 6.13. The first-order valence-corrected chi connectivity index (χ1v) is 9.60. The van der Waals surface area contributed by atoms with Gasteiger partial charge in [0.1, 0.15) is 5.60 Å². The summed E-state index contributed by atoms with van der Waals surface area (Å²) in [4.78, 5) is 27.6. The van der Waals surface area contributed by atoms with Crippen molar-refractivity contribution >= 4 is 23.4 Å². The fourth-order valence-electron chi connectivity index (χ4n) is 4.35. The number of hydrogen-bond acceptors (Lipinski definition) is 3. The second-order valence-corrected chi connectivity index (χ2v) is 7.74. The maximum absolute atomic E-state index is 13.1. The average Bonchev–Trinajstić information content (AvgIpc) is 3.26. The number of ether oxygens (including phenoxy) is 1. The number of unbranched alkanes of at least 4 members (excludes halogenated alkanes) is 1.